The van der Waals surface area contributed by atoms with E-state index in [-0.39, 0.29) is 0 Å². The first-order chi connectivity index (χ1) is 9.67. The fourth-order valence-corrected chi connectivity index (χ4v) is 3.23. The van der Waals surface area contributed by atoms with Crippen molar-refractivity contribution >= 4 is 16.7 Å². The molecule has 4 heteroatoms. The molecule has 2 atom stereocenters. The lowest BCUT2D eigenvalue weighted by atomic mass is 10.1. The molecule has 0 saturated carbocycles. The van der Waals surface area contributed by atoms with Crippen molar-refractivity contribution in [2.45, 2.75) is 32.9 Å². The van der Waals surface area contributed by atoms with Crippen LogP contribution in [0.25, 0.3) is 10.9 Å². The first-order valence-electron chi connectivity index (χ1n) is 7.26. The molecule has 106 valence electrons. The summed E-state index contributed by atoms with van der Waals surface area (Å²) in [5.74, 6) is 7.21. The number of anilines is 1. The molecule has 1 aliphatic rings. The summed E-state index contributed by atoms with van der Waals surface area (Å²) in [6, 6.07) is 11.0. The Bertz CT molecular complexity index is 610. The molecule has 4 nitrogen and oxygen atoms in total. The van der Waals surface area contributed by atoms with Gasteiger partial charge in [0, 0.05) is 30.1 Å². The van der Waals surface area contributed by atoms with E-state index in [0.717, 1.165) is 30.3 Å². The lowest BCUT2D eigenvalue weighted by molar-refractivity contribution is 0.257. The van der Waals surface area contributed by atoms with Crippen molar-refractivity contribution in [3.05, 3.63) is 35.9 Å². The molecule has 1 saturated heterocycles. The van der Waals surface area contributed by atoms with E-state index in [2.05, 4.69) is 41.3 Å². The standard InChI is InChI=1S/C16H22N4/c1-11-7-12(2)20(9-11)10-14-8-13-5-3-4-6-15(13)18-16(14)19-17/h3-6,8,11-12H,7,9-10,17H2,1-2H3,(H,18,19). The fraction of sp³-hybridized carbons (Fsp3) is 0.438. The SMILES string of the molecule is CC1CC(C)N(Cc2cc3ccccc3nc2NN)C1. The fourth-order valence-electron chi connectivity index (χ4n) is 3.23. The van der Waals surface area contributed by atoms with E-state index >= 15 is 0 Å². The molecule has 0 bridgehead atoms. The van der Waals surface area contributed by atoms with Crippen molar-refractivity contribution < 1.29 is 0 Å². The van der Waals surface area contributed by atoms with Crippen LogP contribution in [0.4, 0.5) is 5.82 Å². The van der Waals surface area contributed by atoms with Gasteiger partial charge in [-0.05, 0) is 31.4 Å². The molecule has 1 aromatic carbocycles. The third-order valence-corrected chi connectivity index (χ3v) is 4.23. The monoisotopic (exact) mass is 270 g/mol. The second-order valence-electron chi connectivity index (χ2n) is 5.95. The number of nitrogens with one attached hydrogen (secondary N) is 1. The number of rotatable bonds is 3. The maximum Gasteiger partial charge on any atom is 0.145 e. The highest BCUT2D eigenvalue weighted by molar-refractivity contribution is 5.81. The van der Waals surface area contributed by atoms with Crippen LogP contribution in [0.5, 0.6) is 0 Å². The van der Waals surface area contributed by atoms with Gasteiger partial charge in [-0.1, -0.05) is 25.1 Å². The number of para-hydroxylation sites is 1. The largest absolute Gasteiger partial charge is 0.308 e. The number of nitrogens with zero attached hydrogens (tertiary/aromatic N) is 2. The van der Waals surface area contributed by atoms with Gasteiger partial charge in [0.05, 0.1) is 5.52 Å². The van der Waals surface area contributed by atoms with Crippen LogP contribution < -0.4 is 11.3 Å². The molecule has 0 aliphatic carbocycles. The number of hydrogen-bond acceptors (Lipinski definition) is 4. The molecule has 3 N–H and O–H groups in total. The Morgan fingerprint density at radius 2 is 2.15 bits per heavy atom. The number of benzene rings is 1. The third kappa shape index (κ3) is 2.49. The van der Waals surface area contributed by atoms with Crippen LogP contribution in [0.1, 0.15) is 25.8 Å². The summed E-state index contributed by atoms with van der Waals surface area (Å²) in [5.41, 5.74) is 4.90. The van der Waals surface area contributed by atoms with E-state index in [4.69, 9.17) is 5.84 Å². The van der Waals surface area contributed by atoms with Crippen molar-refractivity contribution in [3.63, 3.8) is 0 Å². The van der Waals surface area contributed by atoms with Crippen molar-refractivity contribution in [3.8, 4) is 0 Å². The number of likely N-dealkylation sites (tertiary alicyclic amines) is 1. The summed E-state index contributed by atoms with van der Waals surface area (Å²) < 4.78 is 0. The Kier molecular flexibility index (Phi) is 3.59. The van der Waals surface area contributed by atoms with E-state index in [1.54, 1.807) is 0 Å². The van der Waals surface area contributed by atoms with Gasteiger partial charge in [0.25, 0.3) is 0 Å². The van der Waals surface area contributed by atoms with Crippen LogP contribution in [0.3, 0.4) is 0 Å². The van der Waals surface area contributed by atoms with Crippen LogP contribution in [0.2, 0.25) is 0 Å². The number of fused-ring (bicyclic) bond motifs is 1. The molecule has 1 aromatic heterocycles. The van der Waals surface area contributed by atoms with Gasteiger partial charge in [0.2, 0.25) is 0 Å². The Balaban J connectivity index is 1.93. The Hall–Kier alpha value is -1.65. The van der Waals surface area contributed by atoms with Crippen molar-refractivity contribution in [2.24, 2.45) is 11.8 Å². The summed E-state index contributed by atoms with van der Waals surface area (Å²) >= 11 is 0. The highest BCUT2D eigenvalue weighted by Crippen LogP contribution is 2.27. The summed E-state index contributed by atoms with van der Waals surface area (Å²) in [6.07, 6.45) is 1.27. The Morgan fingerprint density at radius 1 is 1.35 bits per heavy atom. The first kappa shape index (κ1) is 13.3. The number of hydrogen-bond donors (Lipinski definition) is 2. The van der Waals surface area contributed by atoms with Crippen LogP contribution in [-0.2, 0) is 6.54 Å². The molecular weight excluding hydrogens is 248 g/mol. The lowest BCUT2D eigenvalue weighted by Gasteiger charge is -2.22. The lowest BCUT2D eigenvalue weighted by Crippen LogP contribution is -2.27. The van der Waals surface area contributed by atoms with Crippen LogP contribution in [-0.4, -0.2) is 22.5 Å². The van der Waals surface area contributed by atoms with Crippen molar-refractivity contribution in [2.75, 3.05) is 12.0 Å². The second-order valence-corrected chi connectivity index (χ2v) is 5.95. The minimum absolute atomic E-state index is 0.627. The third-order valence-electron chi connectivity index (χ3n) is 4.23. The van der Waals surface area contributed by atoms with Gasteiger partial charge in [-0.25, -0.2) is 10.8 Å². The number of nitrogen functional groups attached to an aromatic ring is 1. The zero-order chi connectivity index (χ0) is 14.1. The second kappa shape index (κ2) is 5.38. The van der Waals surface area contributed by atoms with Crippen molar-refractivity contribution in [1.29, 1.82) is 0 Å². The highest BCUT2D eigenvalue weighted by Gasteiger charge is 2.26. The Morgan fingerprint density at radius 3 is 2.85 bits per heavy atom. The zero-order valence-electron chi connectivity index (χ0n) is 12.1. The van der Waals surface area contributed by atoms with E-state index in [0.29, 0.717) is 6.04 Å². The smallest absolute Gasteiger partial charge is 0.145 e. The predicted molar refractivity (Wildman–Crippen MR) is 83.2 cm³/mol. The molecule has 0 spiro atoms. The maximum atomic E-state index is 5.65. The molecular formula is C16H22N4. The zero-order valence-corrected chi connectivity index (χ0v) is 12.1. The van der Waals surface area contributed by atoms with Gasteiger partial charge in [0.1, 0.15) is 5.82 Å². The summed E-state index contributed by atoms with van der Waals surface area (Å²) in [4.78, 5) is 7.13. The molecule has 2 aromatic rings. The van der Waals surface area contributed by atoms with Crippen LogP contribution >= 0.6 is 0 Å². The molecule has 2 unspecified atom stereocenters. The molecule has 0 radical (unpaired) electrons. The number of nitrogens with two attached hydrogens (primary N) is 1. The first-order valence-corrected chi connectivity index (χ1v) is 7.26. The summed E-state index contributed by atoms with van der Waals surface area (Å²) in [7, 11) is 0. The van der Waals surface area contributed by atoms with E-state index in [1.807, 2.05) is 18.2 Å². The van der Waals surface area contributed by atoms with Gasteiger partial charge in [-0.2, -0.15) is 0 Å². The normalized spacial score (nSPS) is 23.4. The minimum atomic E-state index is 0.627. The minimum Gasteiger partial charge on any atom is -0.308 e. The molecule has 20 heavy (non-hydrogen) atoms. The van der Waals surface area contributed by atoms with E-state index < -0.39 is 0 Å². The quantitative estimate of drug-likeness (QED) is 0.665. The van der Waals surface area contributed by atoms with E-state index in [1.165, 1.54) is 17.4 Å². The Labute approximate surface area is 120 Å². The summed E-state index contributed by atoms with van der Waals surface area (Å²) in [5, 5.41) is 1.17. The molecule has 1 aliphatic heterocycles. The predicted octanol–water partition coefficient (Wildman–Crippen LogP) is 2.75. The maximum absolute atomic E-state index is 5.65. The average Bonchev–Trinajstić information content (AvgIpc) is 2.76. The molecule has 3 rings (SSSR count). The van der Waals surface area contributed by atoms with Gasteiger partial charge < -0.3 is 5.43 Å². The van der Waals surface area contributed by atoms with Crippen molar-refractivity contribution in [1.82, 2.24) is 9.88 Å². The van der Waals surface area contributed by atoms with Crippen LogP contribution in [0.15, 0.2) is 30.3 Å². The van der Waals surface area contributed by atoms with E-state index in [9.17, 15) is 0 Å². The highest BCUT2D eigenvalue weighted by atomic mass is 15.3. The number of aromatic nitrogens is 1. The van der Waals surface area contributed by atoms with Gasteiger partial charge in [-0.15, -0.1) is 0 Å². The summed E-state index contributed by atoms with van der Waals surface area (Å²) in [6.45, 7) is 6.67. The molecule has 2 heterocycles. The number of pyridine rings is 1. The average molecular weight is 270 g/mol. The topological polar surface area (TPSA) is 54.2 Å². The van der Waals surface area contributed by atoms with Gasteiger partial charge in [0.15, 0.2) is 0 Å². The van der Waals surface area contributed by atoms with Gasteiger partial charge >= 0.3 is 0 Å². The number of hydrazine groups is 1. The van der Waals surface area contributed by atoms with Crippen LogP contribution in [0, 0.1) is 5.92 Å². The molecule has 1 fully saturated rings. The van der Waals surface area contributed by atoms with Gasteiger partial charge in [-0.3, -0.25) is 4.90 Å². The molecule has 0 amide bonds.